The molecule has 0 fully saturated rings. The van der Waals surface area contributed by atoms with Gasteiger partial charge in [-0.25, -0.2) is 0 Å². The molecule has 0 N–H and O–H groups in total. The van der Waals surface area contributed by atoms with E-state index in [1.807, 2.05) is 32.9 Å². The van der Waals surface area contributed by atoms with Crippen molar-refractivity contribution in [2.75, 3.05) is 0 Å². The molecule has 0 saturated carbocycles. The highest BCUT2D eigenvalue weighted by molar-refractivity contribution is 9.11. The van der Waals surface area contributed by atoms with Gasteiger partial charge in [-0.1, -0.05) is 4.40 Å². The van der Waals surface area contributed by atoms with E-state index < -0.39 is 11.4 Å². The quantitative estimate of drug-likeness (QED) is 0.608. The van der Waals surface area contributed by atoms with E-state index >= 15 is 0 Å². The summed E-state index contributed by atoms with van der Waals surface area (Å²) in [6, 6.07) is 3.89. The predicted molar refractivity (Wildman–Crippen MR) is 67.5 cm³/mol. The summed E-state index contributed by atoms with van der Waals surface area (Å²) in [4.78, 5) is 1.01. The second kappa shape index (κ2) is 4.79. The minimum absolute atomic E-state index is 0.287. The van der Waals surface area contributed by atoms with E-state index in [1.165, 1.54) is 0 Å². The lowest BCUT2D eigenvalue weighted by atomic mass is 10.3. The van der Waals surface area contributed by atoms with Crippen molar-refractivity contribution in [2.45, 2.75) is 25.5 Å². The first kappa shape index (κ1) is 12.2. The monoisotopic (exact) mass is 293 g/mol. The van der Waals surface area contributed by atoms with Crippen LogP contribution in [-0.2, 0) is 11.4 Å². The minimum atomic E-state index is -1.17. The van der Waals surface area contributed by atoms with Gasteiger partial charge in [0.15, 0.2) is 0 Å². The van der Waals surface area contributed by atoms with Gasteiger partial charge in [-0.3, -0.25) is 0 Å². The number of halogens is 1. The van der Waals surface area contributed by atoms with Gasteiger partial charge in [0, 0.05) is 0 Å². The zero-order chi connectivity index (χ0) is 10.8. The SMILES string of the molecule is CC(C)(C)[S@+]([O-])/N=C/c1ccc(Br)s1. The van der Waals surface area contributed by atoms with Crippen LogP contribution in [0.5, 0.6) is 0 Å². The molecule has 1 heterocycles. The fraction of sp³-hybridized carbons (Fsp3) is 0.444. The molecular weight excluding hydrogens is 282 g/mol. The van der Waals surface area contributed by atoms with Gasteiger partial charge in [0.1, 0.15) is 16.1 Å². The second-order valence-electron chi connectivity index (χ2n) is 3.74. The van der Waals surface area contributed by atoms with Crippen molar-refractivity contribution in [3.05, 3.63) is 20.8 Å². The van der Waals surface area contributed by atoms with Crippen LogP contribution in [0.4, 0.5) is 0 Å². The Morgan fingerprint density at radius 1 is 1.50 bits per heavy atom. The molecule has 1 rings (SSSR count). The Kier molecular flexibility index (Phi) is 4.18. The smallest absolute Gasteiger partial charge is 0.144 e. The van der Waals surface area contributed by atoms with E-state index in [1.54, 1.807) is 17.6 Å². The van der Waals surface area contributed by atoms with E-state index in [9.17, 15) is 4.55 Å². The highest BCUT2D eigenvalue weighted by Crippen LogP contribution is 2.22. The zero-order valence-electron chi connectivity index (χ0n) is 8.28. The van der Waals surface area contributed by atoms with Crippen molar-refractivity contribution < 1.29 is 4.55 Å². The van der Waals surface area contributed by atoms with Crippen LogP contribution in [0.3, 0.4) is 0 Å². The average Bonchev–Trinajstić information content (AvgIpc) is 2.45. The molecule has 2 nitrogen and oxygen atoms in total. The lowest BCUT2D eigenvalue weighted by molar-refractivity contribution is 0.562. The molecule has 0 saturated heterocycles. The topological polar surface area (TPSA) is 35.4 Å². The Morgan fingerprint density at radius 2 is 2.14 bits per heavy atom. The maximum Gasteiger partial charge on any atom is 0.144 e. The van der Waals surface area contributed by atoms with Crippen molar-refractivity contribution in [3.8, 4) is 0 Å². The molecule has 0 bridgehead atoms. The third-order valence-corrected chi connectivity index (χ3v) is 4.30. The Labute approximate surface area is 99.9 Å². The van der Waals surface area contributed by atoms with E-state index in [-0.39, 0.29) is 4.75 Å². The van der Waals surface area contributed by atoms with E-state index in [0.29, 0.717) is 0 Å². The Bertz CT molecular complexity index is 330. The molecule has 0 aliphatic heterocycles. The summed E-state index contributed by atoms with van der Waals surface area (Å²) in [5.74, 6) is 0. The zero-order valence-corrected chi connectivity index (χ0v) is 11.5. The first-order valence-electron chi connectivity index (χ1n) is 4.11. The van der Waals surface area contributed by atoms with Crippen LogP contribution < -0.4 is 0 Å². The molecule has 0 aromatic carbocycles. The second-order valence-corrected chi connectivity index (χ2v) is 8.17. The molecule has 14 heavy (non-hydrogen) atoms. The summed E-state index contributed by atoms with van der Waals surface area (Å²) in [7, 11) is 0. The summed E-state index contributed by atoms with van der Waals surface area (Å²) in [6.45, 7) is 5.72. The summed E-state index contributed by atoms with van der Waals surface area (Å²) in [6.07, 6.45) is 1.66. The largest absolute Gasteiger partial charge is 0.591 e. The van der Waals surface area contributed by atoms with E-state index in [2.05, 4.69) is 20.3 Å². The number of nitrogens with zero attached hydrogens (tertiary/aromatic N) is 1. The molecule has 0 radical (unpaired) electrons. The van der Waals surface area contributed by atoms with Gasteiger partial charge in [0.25, 0.3) is 0 Å². The van der Waals surface area contributed by atoms with Gasteiger partial charge in [-0.05, 0) is 48.8 Å². The Morgan fingerprint density at radius 3 is 2.57 bits per heavy atom. The van der Waals surface area contributed by atoms with Gasteiger partial charge in [0.2, 0.25) is 0 Å². The van der Waals surface area contributed by atoms with Crippen LogP contribution in [0.15, 0.2) is 20.3 Å². The van der Waals surface area contributed by atoms with Gasteiger partial charge in [-0.15, -0.1) is 11.3 Å². The Balaban J connectivity index is 2.65. The molecule has 0 amide bonds. The van der Waals surface area contributed by atoms with Gasteiger partial charge < -0.3 is 4.55 Å². The van der Waals surface area contributed by atoms with Crippen LogP contribution >= 0.6 is 27.3 Å². The van der Waals surface area contributed by atoms with Crippen LogP contribution in [0, 0.1) is 0 Å². The van der Waals surface area contributed by atoms with Crippen LogP contribution in [-0.4, -0.2) is 15.5 Å². The van der Waals surface area contributed by atoms with Crippen molar-refractivity contribution in [2.24, 2.45) is 4.40 Å². The number of thiophene rings is 1. The number of rotatable bonds is 2. The van der Waals surface area contributed by atoms with Crippen molar-refractivity contribution >= 4 is 44.8 Å². The maximum atomic E-state index is 11.6. The van der Waals surface area contributed by atoms with E-state index in [0.717, 1.165) is 8.66 Å². The highest BCUT2D eigenvalue weighted by Gasteiger charge is 2.25. The molecule has 0 aliphatic rings. The fourth-order valence-electron chi connectivity index (χ4n) is 0.656. The van der Waals surface area contributed by atoms with Crippen LogP contribution in [0.1, 0.15) is 25.6 Å². The Hall–Kier alpha value is 0.160. The van der Waals surface area contributed by atoms with Crippen LogP contribution in [0.2, 0.25) is 0 Å². The molecule has 0 unspecified atom stereocenters. The maximum absolute atomic E-state index is 11.6. The molecule has 78 valence electrons. The third-order valence-electron chi connectivity index (χ3n) is 1.39. The summed E-state index contributed by atoms with van der Waals surface area (Å²) in [5.41, 5.74) is 0. The first-order chi connectivity index (χ1) is 6.39. The molecule has 1 aromatic rings. The van der Waals surface area contributed by atoms with E-state index in [4.69, 9.17) is 0 Å². The minimum Gasteiger partial charge on any atom is -0.591 e. The van der Waals surface area contributed by atoms with Crippen molar-refractivity contribution in [1.82, 2.24) is 0 Å². The molecule has 0 aliphatic carbocycles. The van der Waals surface area contributed by atoms with Gasteiger partial charge >= 0.3 is 0 Å². The molecule has 1 atom stereocenters. The first-order valence-corrected chi connectivity index (χ1v) is 6.82. The van der Waals surface area contributed by atoms with Gasteiger partial charge in [0.05, 0.1) is 14.9 Å². The summed E-state index contributed by atoms with van der Waals surface area (Å²) < 4.78 is 16.3. The molecule has 0 spiro atoms. The fourth-order valence-corrected chi connectivity index (χ4v) is 2.54. The third kappa shape index (κ3) is 3.73. The lowest BCUT2D eigenvalue weighted by Crippen LogP contribution is -2.25. The van der Waals surface area contributed by atoms with Crippen molar-refractivity contribution in [3.63, 3.8) is 0 Å². The lowest BCUT2D eigenvalue weighted by Gasteiger charge is -2.17. The molecule has 5 heteroatoms. The predicted octanol–water partition coefficient (Wildman–Crippen LogP) is 3.39. The van der Waals surface area contributed by atoms with Gasteiger partial charge in [-0.2, -0.15) is 0 Å². The standard InChI is InChI=1S/C9H12BrNOS2/c1-9(2,3)14(12)11-6-7-4-5-8(10)13-7/h4-6H,1-3H3/b11-6+/t14-/m0/s1. The number of hydrogen-bond acceptors (Lipinski definition) is 3. The molecule has 1 aromatic heterocycles. The summed E-state index contributed by atoms with van der Waals surface area (Å²) in [5, 5.41) is 0. The van der Waals surface area contributed by atoms with Crippen LogP contribution in [0.25, 0.3) is 0 Å². The highest BCUT2D eigenvalue weighted by atomic mass is 79.9. The summed E-state index contributed by atoms with van der Waals surface area (Å²) >= 11 is 3.77. The molecular formula is C9H12BrNOS2. The number of hydrogen-bond donors (Lipinski definition) is 0. The van der Waals surface area contributed by atoms with Crippen molar-refractivity contribution in [1.29, 1.82) is 0 Å². The average molecular weight is 294 g/mol. The normalized spacial score (nSPS) is 14.9.